The number of benzene rings is 1. The molecule has 0 bridgehead atoms. The molecule has 3 atom stereocenters. The van der Waals surface area contributed by atoms with Gasteiger partial charge in [-0.3, -0.25) is 24.7 Å². The average Bonchev–Trinajstić information content (AvgIpc) is 2.79. The van der Waals surface area contributed by atoms with Crippen molar-refractivity contribution in [3.8, 4) is 0 Å². The molecule has 180 valence electrons. The van der Waals surface area contributed by atoms with E-state index in [0.717, 1.165) is 0 Å². The number of fused-ring (bicyclic) bond motifs is 1. The number of amides is 3. The van der Waals surface area contributed by atoms with Crippen LogP contribution in [0.25, 0.3) is 0 Å². The van der Waals surface area contributed by atoms with Crippen molar-refractivity contribution in [2.24, 2.45) is 15.7 Å². The Labute approximate surface area is 229 Å². The number of nitrogens with two attached hydrogens (primary N) is 1. The second-order valence-corrected chi connectivity index (χ2v) is 7.51. The predicted molar refractivity (Wildman–Crippen MR) is 119 cm³/mol. The van der Waals surface area contributed by atoms with E-state index in [4.69, 9.17) is 5.73 Å². The van der Waals surface area contributed by atoms with Crippen LogP contribution in [0.1, 0.15) is 23.2 Å². The van der Waals surface area contributed by atoms with Gasteiger partial charge in [0, 0.05) is 23.8 Å². The topological polar surface area (TPSA) is 222 Å². The minimum Gasteiger partial charge on any atom is -0.550 e. The first kappa shape index (κ1) is 28.0. The van der Waals surface area contributed by atoms with Crippen molar-refractivity contribution in [1.29, 1.82) is 0 Å². The average molecular weight is 512 g/mol. The van der Waals surface area contributed by atoms with Gasteiger partial charge in [-0.15, -0.1) is 0 Å². The molecule has 2 heterocycles. The molecule has 15 heteroatoms. The van der Waals surface area contributed by atoms with Crippen LogP contribution in [-0.2, 0) is 19.2 Å². The summed E-state index contributed by atoms with van der Waals surface area (Å²) in [5.41, 5.74) is 6.25. The summed E-state index contributed by atoms with van der Waals surface area (Å²) >= 11 is 0. The number of hydrogen-bond acceptors (Lipinski definition) is 11. The fourth-order valence-corrected chi connectivity index (χ4v) is 3.46. The van der Waals surface area contributed by atoms with Gasteiger partial charge in [-0.1, -0.05) is 0 Å². The summed E-state index contributed by atoms with van der Waals surface area (Å²) in [6.45, 7) is 0.429. The number of aliphatic carboxylic acids is 2. The van der Waals surface area contributed by atoms with Crippen molar-refractivity contribution in [3.63, 3.8) is 0 Å². The molecule has 0 radical (unpaired) electrons. The van der Waals surface area contributed by atoms with Crippen LogP contribution in [-0.4, -0.2) is 116 Å². The van der Waals surface area contributed by atoms with E-state index in [9.17, 15) is 34.2 Å². The number of aliphatic imine (C=N–C) groups is 2. The third-order valence-electron chi connectivity index (χ3n) is 5.20. The molecule has 35 heavy (non-hydrogen) atoms. The number of carbonyl (C=O) groups is 5. The Morgan fingerprint density at radius 1 is 1.26 bits per heavy atom. The van der Waals surface area contributed by atoms with E-state index in [-0.39, 0.29) is 74.6 Å². The summed E-state index contributed by atoms with van der Waals surface area (Å²) in [4.78, 5) is 67.3. The number of carboxylic acids is 2. The molecule has 0 saturated heterocycles. The number of guanidine groups is 1. The number of hydrogen-bond donors (Lipinski definition) is 4. The van der Waals surface area contributed by atoms with Gasteiger partial charge in [0.2, 0.25) is 12.4 Å². The second-order valence-electron chi connectivity index (χ2n) is 7.51. The van der Waals surface area contributed by atoms with Crippen molar-refractivity contribution in [2.45, 2.75) is 31.0 Å². The smallest absolute Gasteiger partial charge is 0.550 e. The maximum absolute atomic E-state index is 12.3. The maximum atomic E-state index is 12.3. The summed E-state index contributed by atoms with van der Waals surface area (Å²) in [6, 6.07) is 3.07. The first-order valence-electron chi connectivity index (χ1n) is 10.2. The number of carboxylic acid groups (broad SMARTS) is 2. The van der Waals surface area contributed by atoms with Gasteiger partial charge in [-0.25, -0.2) is 0 Å². The molecule has 0 fully saturated rings. The standard InChI is InChI=1S/C20H23N7O7.Ca/c21-20-25-16-15(18(32)26-20)27(9-28)12(8-23-16)7-22-11-3-1-10(2-4-11)17(31)24-13(19(33)34)5-6-14(29)30;/h1-4,9,12-13,15,22H,5-8H2,(H,24,31)(H,29,30)(H,33,34)(H3,21,23,25,26,32);/q;+2/p-2. The summed E-state index contributed by atoms with van der Waals surface area (Å²) in [6.07, 6.45) is -0.371. The van der Waals surface area contributed by atoms with Crippen LogP contribution in [0.3, 0.4) is 0 Å². The van der Waals surface area contributed by atoms with Gasteiger partial charge in [0.25, 0.3) is 11.8 Å². The van der Waals surface area contributed by atoms with Crippen LogP contribution in [0, 0.1) is 0 Å². The summed E-state index contributed by atoms with van der Waals surface area (Å²) in [5.74, 6) is -4.20. The molecule has 1 aromatic rings. The molecule has 3 rings (SSSR count). The molecule has 0 spiro atoms. The second kappa shape index (κ2) is 12.5. The van der Waals surface area contributed by atoms with Gasteiger partial charge >= 0.3 is 37.7 Å². The Morgan fingerprint density at radius 3 is 2.54 bits per heavy atom. The van der Waals surface area contributed by atoms with Gasteiger partial charge in [0.15, 0.2) is 11.9 Å². The third-order valence-corrected chi connectivity index (χ3v) is 5.20. The van der Waals surface area contributed by atoms with Gasteiger partial charge < -0.3 is 41.1 Å². The zero-order chi connectivity index (χ0) is 24.8. The van der Waals surface area contributed by atoms with Crippen LogP contribution in [0.2, 0.25) is 0 Å². The molecular formula is C20H21CaN7O7. The normalized spacial score (nSPS) is 19.5. The van der Waals surface area contributed by atoms with Crippen LogP contribution >= 0.6 is 0 Å². The quantitative estimate of drug-likeness (QED) is 0.174. The number of nitrogens with zero attached hydrogens (tertiary/aromatic N) is 3. The minimum atomic E-state index is -1.61. The Morgan fingerprint density at radius 2 is 1.94 bits per heavy atom. The zero-order valence-electron chi connectivity index (χ0n) is 18.4. The third kappa shape index (κ3) is 7.13. The van der Waals surface area contributed by atoms with Crippen molar-refractivity contribution < 1.29 is 34.2 Å². The van der Waals surface area contributed by atoms with Crippen LogP contribution in [0.5, 0.6) is 0 Å². The Hall–Kier alpha value is -3.23. The number of anilines is 1. The molecule has 3 amide bonds. The Kier molecular flexibility index (Phi) is 9.98. The van der Waals surface area contributed by atoms with E-state index < -0.39 is 48.3 Å². The zero-order valence-corrected chi connectivity index (χ0v) is 20.6. The maximum Gasteiger partial charge on any atom is 2.00 e. The summed E-state index contributed by atoms with van der Waals surface area (Å²) in [7, 11) is 0. The van der Waals surface area contributed by atoms with E-state index >= 15 is 0 Å². The van der Waals surface area contributed by atoms with Crippen molar-refractivity contribution in [1.82, 2.24) is 15.5 Å². The molecule has 3 unspecified atom stereocenters. The molecular weight excluding hydrogens is 490 g/mol. The molecule has 5 N–H and O–H groups in total. The molecule has 0 aromatic heterocycles. The number of carbonyl (C=O) groups excluding carboxylic acids is 5. The van der Waals surface area contributed by atoms with Gasteiger partial charge in [-0.05, 0) is 37.1 Å². The molecule has 2 aliphatic heterocycles. The van der Waals surface area contributed by atoms with Crippen molar-refractivity contribution >= 4 is 85.4 Å². The molecule has 14 nitrogen and oxygen atoms in total. The predicted octanol–water partition coefficient (Wildman–Crippen LogP) is -4.85. The molecule has 1 aromatic carbocycles. The fraction of sp³-hybridized carbons (Fsp3) is 0.350. The van der Waals surface area contributed by atoms with Crippen molar-refractivity contribution in [3.05, 3.63) is 29.8 Å². The van der Waals surface area contributed by atoms with Crippen LogP contribution in [0.15, 0.2) is 34.3 Å². The molecule has 0 aliphatic carbocycles. The minimum absolute atomic E-state index is 0. The summed E-state index contributed by atoms with van der Waals surface area (Å²) in [5, 5.41) is 29.3. The van der Waals surface area contributed by atoms with Gasteiger partial charge in [0.1, 0.15) is 0 Å². The van der Waals surface area contributed by atoms with E-state index in [1.807, 2.05) is 0 Å². The first-order valence-corrected chi connectivity index (χ1v) is 10.2. The number of amidine groups is 1. The largest absolute Gasteiger partial charge is 2.00 e. The summed E-state index contributed by atoms with van der Waals surface area (Å²) < 4.78 is 0. The van der Waals surface area contributed by atoms with E-state index in [0.29, 0.717) is 12.1 Å². The van der Waals surface area contributed by atoms with Gasteiger partial charge in [-0.2, -0.15) is 4.99 Å². The van der Waals surface area contributed by atoms with Crippen molar-refractivity contribution in [2.75, 3.05) is 18.4 Å². The van der Waals surface area contributed by atoms with Crippen LogP contribution in [0.4, 0.5) is 5.69 Å². The Bertz CT molecular complexity index is 1060. The first-order chi connectivity index (χ1) is 16.2. The van der Waals surface area contributed by atoms with E-state index in [2.05, 4.69) is 25.9 Å². The SMILES string of the molecule is NC1=NC2=NCC(CNc3ccc(C(=O)NC(CCC(=O)[O-])C(=O)[O-])cc3)N(C=O)C2C(=O)N1.[Ca+2]. The Balaban J connectivity index is 0.00000432. The fourth-order valence-electron chi connectivity index (χ4n) is 3.46. The van der Waals surface area contributed by atoms with E-state index in [1.54, 1.807) is 12.1 Å². The number of nitrogens with one attached hydrogen (secondary N) is 3. The monoisotopic (exact) mass is 511 g/mol. The van der Waals surface area contributed by atoms with Crippen LogP contribution < -0.4 is 31.9 Å². The number of rotatable bonds is 10. The van der Waals surface area contributed by atoms with E-state index in [1.165, 1.54) is 17.0 Å². The van der Waals surface area contributed by atoms with Gasteiger partial charge in [0.05, 0.1) is 24.6 Å². The molecule has 0 saturated carbocycles. The molecule has 2 aliphatic rings.